The topological polar surface area (TPSA) is 66.2 Å². The molecular formula is C20H19N3O3S. The summed E-state index contributed by atoms with van der Waals surface area (Å²) in [6, 6.07) is 15.8. The first kappa shape index (κ1) is 17.6. The van der Waals surface area contributed by atoms with Gasteiger partial charge in [-0.25, -0.2) is 0 Å². The SMILES string of the molecule is COc1cccc(-c2nnc(S[C@@H]3CCOC3=O)n2-c2ccc(C)cc2)c1. The fourth-order valence-corrected chi connectivity index (χ4v) is 3.95. The Morgan fingerprint density at radius 3 is 2.70 bits per heavy atom. The van der Waals surface area contributed by atoms with Gasteiger partial charge in [0.2, 0.25) is 0 Å². The number of hydrogen-bond acceptors (Lipinski definition) is 6. The summed E-state index contributed by atoms with van der Waals surface area (Å²) in [6.07, 6.45) is 0.679. The molecule has 2 aromatic carbocycles. The summed E-state index contributed by atoms with van der Waals surface area (Å²) >= 11 is 1.39. The number of ether oxygens (including phenoxy) is 2. The number of rotatable bonds is 5. The first-order chi connectivity index (χ1) is 13.2. The summed E-state index contributed by atoms with van der Waals surface area (Å²) < 4.78 is 12.4. The maximum atomic E-state index is 11.9. The van der Waals surface area contributed by atoms with Crippen LogP contribution in [0.4, 0.5) is 0 Å². The van der Waals surface area contributed by atoms with Gasteiger partial charge in [-0.15, -0.1) is 10.2 Å². The van der Waals surface area contributed by atoms with Gasteiger partial charge in [-0.05, 0) is 31.2 Å². The van der Waals surface area contributed by atoms with Gasteiger partial charge < -0.3 is 9.47 Å². The second kappa shape index (κ2) is 7.44. The van der Waals surface area contributed by atoms with E-state index >= 15 is 0 Å². The molecule has 0 N–H and O–H groups in total. The summed E-state index contributed by atoms with van der Waals surface area (Å²) in [6.45, 7) is 2.50. The van der Waals surface area contributed by atoms with Crippen LogP contribution in [0.5, 0.6) is 5.75 Å². The van der Waals surface area contributed by atoms with Gasteiger partial charge in [-0.3, -0.25) is 9.36 Å². The zero-order chi connectivity index (χ0) is 18.8. The third-order valence-corrected chi connectivity index (χ3v) is 5.58. The largest absolute Gasteiger partial charge is 0.497 e. The van der Waals surface area contributed by atoms with Crippen molar-refractivity contribution in [3.63, 3.8) is 0 Å². The van der Waals surface area contributed by atoms with E-state index in [9.17, 15) is 4.79 Å². The number of thioether (sulfide) groups is 1. The Bertz CT molecular complexity index is 969. The van der Waals surface area contributed by atoms with E-state index in [2.05, 4.69) is 10.2 Å². The van der Waals surface area contributed by atoms with E-state index in [0.29, 0.717) is 24.0 Å². The van der Waals surface area contributed by atoms with E-state index in [0.717, 1.165) is 17.0 Å². The average Bonchev–Trinajstić information content (AvgIpc) is 3.29. The molecule has 1 aromatic heterocycles. The van der Waals surface area contributed by atoms with Gasteiger partial charge in [0.1, 0.15) is 11.0 Å². The maximum Gasteiger partial charge on any atom is 0.319 e. The fraction of sp³-hybridized carbons (Fsp3) is 0.250. The van der Waals surface area contributed by atoms with Crippen molar-refractivity contribution in [1.29, 1.82) is 0 Å². The quantitative estimate of drug-likeness (QED) is 0.629. The molecule has 0 radical (unpaired) electrons. The van der Waals surface area contributed by atoms with Gasteiger partial charge in [-0.1, -0.05) is 41.6 Å². The van der Waals surface area contributed by atoms with Crippen LogP contribution in [0.25, 0.3) is 17.1 Å². The number of nitrogens with zero attached hydrogens (tertiary/aromatic N) is 3. The van der Waals surface area contributed by atoms with Crippen molar-refractivity contribution in [2.45, 2.75) is 23.8 Å². The minimum atomic E-state index is -0.253. The number of carbonyl (C=O) groups is 1. The van der Waals surface area contributed by atoms with Crippen molar-refractivity contribution in [1.82, 2.24) is 14.8 Å². The first-order valence-electron chi connectivity index (χ1n) is 8.66. The highest BCUT2D eigenvalue weighted by Gasteiger charge is 2.30. The number of aryl methyl sites for hydroxylation is 1. The number of hydrogen-bond donors (Lipinski definition) is 0. The molecule has 1 atom stereocenters. The molecule has 4 rings (SSSR count). The molecule has 0 unspecified atom stereocenters. The Hall–Kier alpha value is -2.80. The highest BCUT2D eigenvalue weighted by Crippen LogP contribution is 2.34. The summed E-state index contributed by atoms with van der Waals surface area (Å²) in [4.78, 5) is 11.9. The van der Waals surface area contributed by atoms with Crippen molar-refractivity contribution in [3.05, 3.63) is 54.1 Å². The van der Waals surface area contributed by atoms with E-state index in [1.807, 2.05) is 60.0 Å². The zero-order valence-electron chi connectivity index (χ0n) is 15.1. The molecule has 0 aliphatic carbocycles. The number of benzene rings is 2. The highest BCUT2D eigenvalue weighted by atomic mass is 32.2. The van der Waals surface area contributed by atoms with Crippen LogP contribution in [0.3, 0.4) is 0 Å². The van der Waals surface area contributed by atoms with Gasteiger partial charge in [0.15, 0.2) is 11.0 Å². The lowest BCUT2D eigenvalue weighted by Crippen LogP contribution is -2.11. The fourth-order valence-electron chi connectivity index (χ4n) is 2.93. The Balaban J connectivity index is 1.81. The molecule has 1 aliphatic rings. The molecular weight excluding hydrogens is 362 g/mol. The van der Waals surface area contributed by atoms with Crippen molar-refractivity contribution in [3.8, 4) is 22.8 Å². The van der Waals surface area contributed by atoms with Crippen LogP contribution in [0.15, 0.2) is 53.7 Å². The second-order valence-corrected chi connectivity index (χ2v) is 7.44. The summed E-state index contributed by atoms with van der Waals surface area (Å²) in [5, 5.41) is 9.20. The number of cyclic esters (lactones) is 1. The van der Waals surface area contributed by atoms with E-state index in [1.165, 1.54) is 17.3 Å². The van der Waals surface area contributed by atoms with Crippen molar-refractivity contribution in [2.75, 3.05) is 13.7 Å². The lowest BCUT2D eigenvalue weighted by molar-refractivity contribution is -0.137. The van der Waals surface area contributed by atoms with Gasteiger partial charge in [0.25, 0.3) is 0 Å². The third kappa shape index (κ3) is 3.55. The van der Waals surface area contributed by atoms with Crippen LogP contribution < -0.4 is 4.74 Å². The molecule has 0 spiro atoms. The van der Waals surface area contributed by atoms with Gasteiger partial charge >= 0.3 is 5.97 Å². The van der Waals surface area contributed by atoms with Crippen molar-refractivity contribution < 1.29 is 14.3 Å². The predicted molar refractivity (Wildman–Crippen MR) is 103 cm³/mol. The van der Waals surface area contributed by atoms with Crippen LogP contribution in [0, 0.1) is 6.92 Å². The van der Waals surface area contributed by atoms with E-state index in [-0.39, 0.29) is 11.2 Å². The molecule has 27 heavy (non-hydrogen) atoms. The van der Waals surface area contributed by atoms with Crippen LogP contribution in [0.1, 0.15) is 12.0 Å². The smallest absolute Gasteiger partial charge is 0.319 e. The molecule has 0 bridgehead atoms. The molecule has 0 saturated carbocycles. The Morgan fingerprint density at radius 2 is 2.00 bits per heavy atom. The molecule has 2 heterocycles. The van der Waals surface area contributed by atoms with Crippen LogP contribution in [-0.2, 0) is 9.53 Å². The zero-order valence-corrected chi connectivity index (χ0v) is 15.9. The third-order valence-electron chi connectivity index (χ3n) is 4.39. The number of methoxy groups -OCH3 is 1. The molecule has 3 aromatic rings. The van der Waals surface area contributed by atoms with Gasteiger partial charge in [-0.2, -0.15) is 0 Å². The standard InChI is InChI=1S/C20H19N3O3S/c1-13-6-8-15(9-7-13)23-18(14-4-3-5-16(12-14)25-2)21-22-20(23)27-17-10-11-26-19(17)24/h3-9,12,17H,10-11H2,1-2H3/t17-/m1/s1. The maximum absolute atomic E-state index is 11.9. The van der Waals surface area contributed by atoms with Crippen LogP contribution in [0.2, 0.25) is 0 Å². The normalized spacial score (nSPS) is 16.4. The van der Waals surface area contributed by atoms with Crippen molar-refractivity contribution >= 4 is 17.7 Å². The summed E-state index contributed by atoms with van der Waals surface area (Å²) in [7, 11) is 1.64. The summed E-state index contributed by atoms with van der Waals surface area (Å²) in [5.41, 5.74) is 3.00. The first-order valence-corrected chi connectivity index (χ1v) is 9.54. The van der Waals surface area contributed by atoms with Crippen LogP contribution in [-0.4, -0.2) is 39.7 Å². The monoisotopic (exact) mass is 381 g/mol. The molecule has 1 fully saturated rings. The van der Waals surface area contributed by atoms with Crippen LogP contribution >= 0.6 is 11.8 Å². The minimum absolute atomic E-state index is 0.193. The van der Waals surface area contributed by atoms with Gasteiger partial charge in [0.05, 0.1) is 13.7 Å². The highest BCUT2D eigenvalue weighted by molar-refractivity contribution is 8.00. The minimum Gasteiger partial charge on any atom is -0.497 e. The number of aromatic nitrogens is 3. The second-order valence-electron chi connectivity index (χ2n) is 6.27. The molecule has 6 nitrogen and oxygen atoms in total. The Kier molecular flexibility index (Phi) is 4.85. The molecule has 1 saturated heterocycles. The Labute approximate surface area is 161 Å². The predicted octanol–water partition coefficient (Wildman–Crippen LogP) is 3.66. The van der Waals surface area contributed by atoms with E-state index < -0.39 is 0 Å². The number of esters is 1. The van der Waals surface area contributed by atoms with Crippen molar-refractivity contribution in [2.24, 2.45) is 0 Å². The molecule has 1 aliphatic heterocycles. The lowest BCUT2D eigenvalue weighted by Gasteiger charge is -2.12. The molecule has 7 heteroatoms. The van der Waals surface area contributed by atoms with E-state index in [4.69, 9.17) is 9.47 Å². The average molecular weight is 381 g/mol. The number of carbonyl (C=O) groups excluding carboxylic acids is 1. The Morgan fingerprint density at radius 1 is 1.19 bits per heavy atom. The molecule has 0 amide bonds. The summed E-state index contributed by atoms with van der Waals surface area (Å²) in [5.74, 6) is 1.26. The lowest BCUT2D eigenvalue weighted by atomic mass is 10.2. The van der Waals surface area contributed by atoms with E-state index in [1.54, 1.807) is 7.11 Å². The van der Waals surface area contributed by atoms with Gasteiger partial charge in [0, 0.05) is 17.7 Å². The molecule has 138 valence electrons.